The van der Waals surface area contributed by atoms with E-state index in [4.69, 9.17) is 23.7 Å². The molecule has 0 heterocycles. The van der Waals surface area contributed by atoms with Gasteiger partial charge in [-0.2, -0.15) is 0 Å². The van der Waals surface area contributed by atoms with Crippen molar-refractivity contribution in [2.45, 2.75) is 38.5 Å². The SMILES string of the molecule is O=C(Oc1c2cccc1Cc1cccc(c1OC(=O)c1ccccc1)Cc1cccc(c1OC(=O)c1ccccc1)Cc1cccc(c1OC(=O)c1ccccc1)Cc1cccc(c1OC(=O)c1ccccc1)Cc1cccc(c1O)C2)c1ccccc1. The molecule has 11 aromatic carbocycles. The van der Waals surface area contributed by atoms with Gasteiger partial charge in [-0.25, -0.2) is 24.0 Å². The molecule has 0 aliphatic heterocycles. The summed E-state index contributed by atoms with van der Waals surface area (Å²) in [6.07, 6.45) is 0.578. The normalized spacial score (nSPS) is 11.9. The van der Waals surface area contributed by atoms with Gasteiger partial charge < -0.3 is 28.8 Å². The number of hydrogen-bond acceptors (Lipinski definition) is 11. The molecule has 0 saturated heterocycles. The van der Waals surface area contributed by atoms with Crippen molar-refractivity contribution in [3.63, 3.8) is 0 Å². The van der Waals surface area contributed by atoms with Crippen molar-refractivity contribution in [2.24, 2.45) is 0 Å². The Hall–Kier alpha value is -11.4. The lowest BCUT2D eigenvalue weighted by molar-refractivity contribution is 0.0720. The van der Waals surface area contributed by atoms with Gasteiger partial charge in [0, 0.05) is 38.5 Å². The van der Waals surface area contributed by atoms with Crippen LogP contribution in [-0.2, 0) is 38.5 Å². The Bertz CT molecular complexity index is 4140. The Morgan fingerprint density at radius 3 is 0.523 bits per heavy atom. The fourth-order valence-corrected chi connectivity index (χ4v) is 11.0. The lowest BCUT2D eigenvalue weighted by Crippen LogP contribution is -2.15. The predicted molar refractivity (Wildman–Crippen MR) is 334 cm³/mol. The van der Waals surface area contributed by atoms with Gasteiger partial charge in [-0.05, 0) is 127 Å². The number of ether oxygens (including phenoxy) is 5. The summed E-state index contributed by atoms with van der Waals surface area (Å²) in [6.45, 7) is 0. The van der Waals surface area contributed by atoms with E-state index < -0.39 is 29.8 Å². The van der Waals surface area contributed by atoms with Gasteiger partial charge in [-0.3, -0.25) is 0 Å². The first-order valence-electron chi connectivity index (χ1n) is 28.8. The lowest BCUT2D eigenvalue weighted by atomic mass is 9.91. The number of fused-ring (bicyclic) bond motifs is 12. The Labute approximate surface area is 508 Å². The number of para-hydroxylation sites is 6. The summed E-state index contributed by atoms with van der Waals surface area (Å²) < 4.78 is 32.5. The van der Waals surface area contributed by atoms with Crippen LogP contribution in [0.25, 0.3) is 0 Å². The highest BCUT2D eigenvalue weighted by molar-refractivity contribution is 5.94. The van der Waals surface area contributed by atoms with Crippen molar-refractivity contribution < 1.29 is 52.8 Å². The van der Waals surface area contributed by atoms with E-state index in [9.17, 15) is 29.1 Å². The Morgan fingerprint density at radius 1 is 0.205 bits per heavy atom. The standard InChI is InChI=1S/C77H56O11/c78-67-55-32-16-33-56(67)45-58-35-18-37-60(69(58)85-74(80)51-24-8-2-9-25-51)47-62-39-20-41-64(71(62)87-76(82)53-28-12-4-13-29-53)49-66-43-21-42-65(72(66)88-77(83)54-30-14-5-15-31-54)48-63-40-19-38-61(70(63)86-75(81)52-26-10-3-11-27-52)46-59-36-17-34-57(44-55)68(59)84-73(79)50-22-6-1-7-23-50/h1-43,78H,44-49H2. The molecule has 0 aromatic heterocycles. The molecule has 0 fully saturated rings. The van der Waals surface area contributed by atoms with Gasteiger partial charge in [-0.15, -0.1) is 0 Å². The molecule has 1 aliphatic rings. The van der Waals surface area contributed by atoms with Gasteiger partial charge in [-0.1, -0.05) is 200 Å². The van der Waals surface area contributed by atoms with E-state index in [0.29, 0.717) is 94.6 Å². The summed E-state index contributed by atoms with van der Waals surface area (Å²) in [4.78, 5) is 71.7. The molecule has 430 valence electrons. The van der Waals surface area contributed by atoms with Gasteiger partial charge in [0.25, 0.3) is 0 Å². The van der Waals surface area contributed by atoms with Gasteiger partial charge in [0.15, 0.2) is 0 Å². The molecule has 12 bridgehead atoms. The number of phenolic OH excluding ortho intramolecular Hbond substituents is 1. The summed E-state index contributed by atoms with van der Waals surface area (Å²) in [7, 11) is 0. The third-order valence-corrected chi connectivity index (χ3v) is 15.4. The third kappa shape index (κ3) is 12.9. The maximum absolute atomic E-state index is 14.4. The van der Waals surface area contributed by atoms with Crippen LogP contribution >= 0.6 is 0 Å². The Balaban J connectivity index is 1.07. The van der Waals surface area contributed by atoms with E-state index in [1.165, 1.54) is 0 Å². The van der Waals surface area contributed by atoms with E-state index in [0.717, 1.165) is 0 Å². The molecule has 1 N–H and O–H groups in total. The molecule has 0 spiro atoms. The van der Waals surface area contributed by atoms with Crippen LogP contribution in [0.1, 0.15) is 119 Å². The van der Waals surface area contributed by atoms with Gasteiger partial charge >= 0.3 is 29.8 Å². The predicted octanol–water partition coefficient (Wildman–Crippen LogP) is 15.3. The summed E-state index contributed by atoms with van der Waals surface area (Å²) in [5, 5.41) is 12.4. The highest BCUT2D eigenvalue weighted by Crippen LogP contribution is 2.41. The van der Waals surface area contributed by atoms with Gasteiger partial charge in [0.05, 0.1) is 27.8 Å². The first-order valence-corrected chi connectivity index (χ1v) is 28.8. The summed E-state index contributed by atoms with van der Waals surface area (Å²) in [6, 6.07) is 76.5. The second-order valence-electron chi connectivity index (χ2n) is 21.3. The number of rotatable bonds is 10. The minimum Gasteiger partial charge on any atom is -0.507 e. The molecule has 11 aromatic rings. The van der Waals surface area contributed by atoms with Crippen LogP contribution in [0.5, 0.6) is 34.5 Å². The summed E-state index contributed by atoms with van der Waals surface area (Å²) in [5.74, 6) is -1.84. The zero-order chi connectivity index (χ0) is 60.3. The second kappa shape index (κ2) is 26.2. The monoisotopic (exact) mass is 1160 g/mol. The molecule has 11 nitrogen and oxygen atoms in total. The first kappa shape index (κ1) is 57.0. The van der Waals surface area contributed by atoms with Crippen molar-refractivity contribution >= 4 is 29.8 Å². The van der Waals surface area contributed by atoms with E-state index in [1.807, 2.05) is 127 Å². The summed E-state index contributed by atoms with van der Waals surface area (Å²) >= 11 is 0. The fourth-order valence-electron chi connectivity index (χ4n) is 11.0. The van der Waals surface area contributed by atoms with Crippen LogP contribution in [0.2, 0.25) is 0 Å². The van der Waals surface area contributed by atoms with Crippen molar-refractivity contribution in [3.8, 4) is 34.5 Å². The van der Waals surface area contributed by atoms with E-state index in [2.05, 4.69) is 0 Å². The van der Waals surface area contributed by atoms with Crippen LogP contribution in [-0.4, -0.2) is 35.0 Å². The zero-order valence-corrected chi connectivity index (χ0v) is 47.6. The number of aromatic hydroxyl groups is 1. The molecule has 0 radical (unpaired) electrons. The number of phenols is 1. The number of carbonyl (C=O) groups excluding carboxylic acids is 5. The Kier molecular flexibility index (Phi) is 17.0. The largest absolute Gasteiger partial charge is 0.507 e. The van der Waals surface area contributed by atoms with Crippen molar-refractivity contribution in [2.75, 3.05) is 0 Å². The minimum atomic E-state index is -0.620. The lowest BCUT2D eigenvalue weighted by Gasteiger charge is -2.21. The van der Waals surface area contributed by atoms with Gasteiger partial charge in [0.1, 0.15) is 34.5 Å². The molecule has 11 heteroatoms. The molecule has 88 heavy (non-hydrogen) atoms. The van der Waals surface area contributed by atoms with Crippen molar-refractivity contribution in [3.05, 3.63) is 355 Å². The maximum Gasteiger partial charge on any atom is 0.343 e. The molecule has 12 rings (SSSR count). The highest BCUT2D eigenvalue weighted by atomic mass is 16.6. The van der Waals surface area contributed by atoms with Crippen molar-refractivity contribution in [1.82, 2.24) is 0 Å². The third-order valence-electron chi connectivity index (χ3n) is 15.4. The number of carbonyl (C=O) groups is 5. The molecular formula is C77H56O11. The van der Waals surface area contributed by atoms with Crippen LogP contribution in [0.3, 0.4) is 0 Å². The fraction of sp³-hybridized carbons (Fsp3) is 0.0779. The number of esters is 5. The van der Waals surface area contributed by atoms with Crippen LogP contribution in [0.15, 0.2) is 261 Å². The van der Waals surface area contributed by atoms with Gasteiger partial charge in [0.2, 0.25) is 0 Å². The quantitative estimate of drug-likeness (QED) is 0.103. The molecule has 0 atom stereocenters. The van der Waals surface area contributed by atoms with Crippen LogP contribution in [0.4, 0.5) is 0 Å². The number of benzene rings is 11. The average molecular weight is 1160 g/mol. The molecular weight excluding hydrogens is 1100 g/mol. The highest BCUT2D eigenvalue weighted by Gasteiger charge is 2.27. The average Bonchev–Trinajstić information content (AvgIpc) is 2.16. The van der Waals surface area contributed by atoms with Crippen LogP contribution < -0.4 is 23.7 Å². The smallest absolute Gasteiger partial charge is 0.343 e. The first-order chi connectivity index (χ1) is 43.1. The zero-order valence-electron chi connectivity index (χ0n) is 47.6. The van der Waals surface area contributed by atoms with E-state index in [1.54, 1.807) is 133 Å². The Morgan fingerprint density at radius 2 is 0.352 bits per heavy atom. The summed E-state index contributed by atoms with van der Waals surface area (Å²) in [5.41, 5.74) is 8.32. The molecule has 0 unspecified atom stereocenters. The second-order valence-corrected chi connectivity index (χ2v) is 21.3. The topological polar surface area (TPSA) is 152 Å². The molecule has 0 saturated carbocycles. The minimum absolute atomic E-state index is 0.0175. The van der Waals surface area contributed by atoms with Crippen LogP contribution in [0, 0.1) is 0 Å². The van der Waals surface area contributed by atoms with E-state index in [-0.39, 0.29) is 73.0 Å². The van der Waals surface area contributed by atoms with Crippen molar-refractivity contribution in [1.29, 1.82) is 0 Å². The maximum atomic E-state index is 14.4. The molecule has 1 aliphatic carbocycles. The number of hydrogen-bond donors (Lipinski definition) is 1. The van der Waals surface area contributed by atoms with E-state index >= 15 is 0 Å². The molecule has 0 amide bonds.